The molecule has 5 nitrogen and oxygen atoms in total. The topological polar surface area (TPSA) is 58.9 Å². The van der Waals surface area contributed by atoms with Gasteiger partial charge >= 0.3 is 0 Å². The second-order valence-electron chi connectivity index (χ2n) is 5.06. The average Bonchev–Trinajstić information content (AvgIpc) is 2.65. The third kappa shape index (κ3) is 4.65. The van der Waals surface area contributed by atoms with Crippen LogP contribution in [0.4, 0.5) is 0 Å². The zero-order chi connectivity index (χ0) is 14.6. The lowest BCUT2D eigenvalue weighted by molar-refractivity contribution is 0.0951. The molecule has 7 heteroatoms. The van der Waals surface area contributed by atoms with Gasteiger partial charge in [-0.1, -0.05) is 25.4 Å². The van der Waals surface area contributed by atoms with Gasteiger partial charge in [-0.3, -0.25) is 9.48 Å². The summed E-state index contributed by atoms with van der Waals surface area (Å²) in [5.74, 6) is 0.0146. The Morgan fingerprint density at radius 1 is 1.40 bits per heavy atom. The number of nitrogens with zero attached hydrogens (tertiary/aromatic N) is 2. The molecule has 1 atom stereocenters. The maximum Gasteiger partial charge on any atom is 0.256 e. The first-order valence-electron chi connectivity index (χ1n) is 6.56. The van der Waals surface area contributed by atoms with Crippen LogP contribution in [0, 0.1) is 0 Å². The maximum atomic E-state index is 12.2. The van der Waals surface area contributed by atoms with Gasteiger partial charge in [0.05, 0.1) is 11.3 Å². The first-order chi connectivity index (χ1) is 8.88. The Hall–Kier alpha value is -0.780. The molecule has 0 aliphatic rings. The van der Waals surface area contributed by atoms with E-state index in [9.17, 15) is 4.79 Å². The third-order valence-electron chi connectivity index (χ3n) is 3.13. The summed E-state index contributed by atoms with van der Waals surface area (Å²) in [4.78, 5) is 12.2. The molecule has 1 amide bonds. The molecule has 1 heterocycles. The minimum Gasteiger partial charge on any atom is -0.352 e. The van der Waals surface area contributed by atoms with Crippen molar-refractivity contribution in [2.45, 2.75) is 39.2 Å². The second kappa shape index (κ2) is 8.49. The molecule has 1 rings (SSSR count). The summed E-state index contributed by atoms with van der Waals surface area (Å²) < 4.78 is 1.54. The lowest BCUT2D eigenvalue weighted by atomic mass is 10.1. The van der Waals surface area contributed by atoms with Gasteiger partial charge in [-0.2, -0.15) is 5.10 Å². The van der Waals surface area contributed by atoms with Gasteiger partial charge in [0, 0.05) is 19.6 Å². The Bertz CT molecular complexity index is 446. The van der Waals surface area contributed by atoms with Gasteiger partial charge in [-0.05, 0) is 26.3 Å². The summed E-state index contributed by atoms with van der Waals surface area (Å²) in [6.45, 7) is 6.68. The van der Waals surface area contributed by atoms with Crippen LogP contribution in [0.5, 0.6) is 0 Å². The van der Waals surface area contributed by atoms with E-state index in [1.54, 1.807) is 11.7 Å². The molecule has 2 N–H and O–H groups in total. The van der Waals surface area contributed by atoms with Crippen LogP contribution in [0.3, 0.4) is 0 Å². The number of aryl methyl sites for hydroxylation is 1. The molecule has 0 radical (unpaired) electrons. The van der Waals surface area contributed by atoms with E-state index in [2.05, 4.69) is 22.7 Å². The van der Waals surface area contributed by atoms with Crippen molar-refractivity contribution >= 4 is 29.9 Å². The van der Waals surface area contributed by atoms with Gasteiger partial charge in [0.15, 0.2) is 0 Å². The predicted octanol–water partition coefficient (Wildman–Crippen LogP) is 2.35. The van der Waals surface area contributed by atoms with Crippen molar-refractivity contribution in [1.29, 1.82) is 0 Å². The fraction of sp³-hybridized carbons (Fsp3) is 0.692. The van der Waals surface area contributed by atoms with Gasteiger partial charge < -0.3 is 10.6 Å². The maximum absolute atomic E-state index is 12.2. The molecule has 0 aliphatic heterocycles. The molecular weight excluding hydrogens is 299 g/mol. The van der Waals surface area contributed by atoms with Crippen LogP contribution in [0.1, 0.15) is 49.2 Å². The third-order valence-corrected chi connectivity index (χ3v) is 3.57. The molecular formula is C13H24Cl2N4O. The Balaban J connectivity index is 0.00000361. The fourth-order valence-electron chi connectivity index (χ4n) is 1.77. The minimum absolute atomic E-state index is 0. The molecule has 0 bridgehead atoms. The van der Waals surface area contributed by atoms with Gasteiger partial charge in [0.2, 0.25) is 0 Å². The highest BCUT2D eigenvalue weighted by molar-refractivity contribution is 6.33. The smallest absolute Gasteiger partial charge is 0.256 e. The highest BCUT2D eigenvalue weighted by Crippen LogP contribution is 2.24. The molecule has 0 spiro atoms. The van der Waals surface area contributed by atoms with E-state index in [1.807, 2.05) is 20.9 Å². The van der Waals surface area contributed by atoms with Gasteiger partial charge in [0.25, 0.3) is 5.91 Å². The Kier molecular flexibility index (Phi) is 8.16. The van der Waals surface area contributed by atoms with Crippen LogP contribution in [0.15, 0.2) is 0 Å². The zero-order valence-electron chi connectivity index (χ0n) is 12.7. The molecule has 116 valence electrons. The highest BCUT2D eigenvalue weighted by Gasteiger charge is 2.23. The van der Waals surface area contributed by atoms with Crippen LogP contribution in [0.25, 0.3) is 0 Å². The minimum atomic E-state index is -0.148. The van der Waals surface area contributed by atoms with E-state index in [0.29, 0.717) is 23.3 Å². The van der Waals surface area contributed by atoms with Crippen LogP contribution in [0.2, 0.25) is 5.15 Å². The SMILES string of the molecule is CNC(C)CCNC(=O)c1c(C(C)C)nn(C)c1Cl.Cl. The largest absolute Gasteiger partial charge is 0.352 e. The first kappa shape index (κ1) is 19.2. The zero-order valence-corrected chi connectivity index (χ0v) is 14.2. The molecule has 1 aromatic rings. The summed E-state index contributed by atoms with van der Waals surface area (Å²) in [5, 5.41) is 10.7. The predicted molar refractivity (Wildman–Crippen MR) is 85.0 cm³/mol. The Labute approximate surface area is 131 Å². The molecule has 0 aromatic carbocycles. The van der Waals surface area contributed by atoms with Crippen molar-refractivity contribution in [2.75, 3.05) is 13.6 Å². The first-order valence-corrected chi connectivity index (χ1v) is 6.94. The number of hydrogen-bond donors (Lipinski definition) is 2. The molecule has 20 heavy (non-hydrogen) atoms. The number of hydrogen-bond acceptors (Lipinski definition) is 3. The highest BCUT2D eigenvalue weighted by atomic mass is 35.5. The average molecular weight is 323 g/mol. The molecule has 1 aromatic heterocycles. The van der Waals surface area contributed by atoms with E-state index < -0.39 is 0 Å². The molecule has 0 saturated carbocycles. The Morgan fingerprint density at radius 3 is 2.50 bits per heavy atom. The number of carbonyl (C=O) groups excluding carboxylic acids is 1. The molecule has 0 fully saturated rings. The van der Waals surface area contributed by atoms with Crippen molar-refractivity contribution in [1.82, 2.24) is 20.4 Å². The van der Waals surface area contributed by atoms with Crippen LogP contribution in [-0.2, 0) is 7.05 Å². The van der Waals surface area contributed by atoms with E-state index in [4.69, 9.17) is 11.6 Å². The number of rotatable bonds is 6. The van der Waals surface area contributed by atoms with Crippen molar-refractivity contribution in [3.05, 3.63) is 16.4 Å². The number of aromatic nitrogens is 2. The second-order valence-corrected chi connectivity index (χ2v) is 5.42. The molecule has 0 aliphatic carbocycles. The van der Waals surface area contributed by atoms with E-state index in [-0.39, 0.29) is 24.2 Å². The van der Waals surface area contributed by atoms with Crippen molar-refractivity contribution in [3.8, 4) is 0 Å². The van der Waals surface area contributed by atoms with Crippen LogP contribution in [-0.4, -0.2) is 35.3 Å². The van der Waals surface area contributed by atoms with Crippen molar-refractivity contribution in [3.63, 3.8) is 0 Å². The van der Waals surface area contributed by atoms with E-state index in [0.717, 1.165) is 12.1 Å². The summed E-state index contributed by atoms with van der Waals surface area (Å²) >= 11 is 6.15. The monoisotopic (exact) mass is 322 g/mol. The molecule has 1 unspecified atom stereocenters. The van der Waals surface area contributed by atoms with Crippen molar-refractivity contribution < 1.29 is 4.79 Å². The van der Waals surface area contributed by atoms with E-state index >= 15 is 0 Å². The van der Waals surface area contributed by atoms with Gasteiger partial charge in [-0.25, -0.2) is 0 Å². The quantitative estimate of drug-likeness (QED) is 0.845. The van der Waals surface area contributed by atoms with Crippen LogP contribution < -0.4 is 10.6 Å². The van der Waals surface area contributed by atoms with Crippen LogP contribution >= 0.6 is 24.0 Å². The number of nitrogens with one attached hydrogen (secondary N) is 2. The van der Waals surface area contributed by atoms with Crippen molar-refractivity contribution in [2.24, 2.45) is 7.05 Å². The summed E-state index contributed by atoms with van der Waals surface area (Å²) in [5.41, 5.74) is 1.24. The van der Waals surface area contributed by atoms with Gasteiger partial charge in [-0.15, -0.1) is 12.4 Å². The normalized spacial score (nSPS) is 12.2. The standard InChI is InChI=1S/C13H23ClN4O.ClH/c1-8(2)11-10(12(14)18(5)17-11)13(19)16-7-6-9(3)15-4;/h8-9,15H,6-7H2,1-5H3,(H,16,19);1H. The summed E-state index contributed by atoms with van der Waals surface area (Å²) in [6, 6.07) is 0.370. The number of amides is 1. The lowest BCUT2D eigenvalue weighted by Crippen LogP contribution is -2.31. The van der Waals surface area contributed by atoms with Gasteiger partial charge in [0.1, 0.15) is 5.15 Å². The number of carbonyl (C=O) groups is 1. The van der Waals surface area contributed by atoms with E-state index in [1.165, 1.54) is 0 Å². The summed E-state index contributed by atoms with van der Waals surface area (Å²) in [6.07, 6.45) is 0.872. The number of halogens is 2. The lowest BCUT2D eigenvalue weighted by Gasteiger charge is -2.11. The Morgan fingerprint density at radius 2 is 2.00 bits per heavy atom. The fourth-order valence-corrected chi connectivity index (χ4v) is 1.99. The summed E-state index contributed by atoms with van der Waals surface area (Å²) in [7, 11) is 3.65. The molecule has 0 saturated heterocycles.